The second-order valence-corrected chi connectivity index (χ2v) is 8.20. The van der Waals surface area contributed by atoms with Crippen molar-refractivity contribution in [1.29, 1.82) is 0 Å². The number of carbonyl (C=O) groups is 1. The van der Waals surface area contributed by atoms with Crippen LogP contribution in [0.25, 0.3) is 11.4 Å². The van der Waals surface area contributed by atoms with Crippen molar-refractivity contribution in [3.05, 3.63) is 65.7 Å². The van der Waals surface area contributed by atoms with Gasteiger partial charge in [-0.15, -0.1) is 5.10 Å². The predicted octanol–water partition coefficient (Wildman–Crippen LogP) is 4.63. The molecule has 6 heteroatoms. The molecule has 1 N–H and O–H groups in total. The van der Waals surface area contributed by atoms with E-state index in [1.807, 2.05) is 47.4 Å². The average molecular weight is 393 g/mol. The van der Waals surface area contributed by atoms with E-state index in [2.05, 4.69) is 34.2 Å². The molecule has 0 spiro atoms. The van der Waals surface area contributed by atoms with E-state index >= 15 is 0 Å². The van der Waals surface area contributed by atoms with Crippen LogP contribution in [-0.2, 0) is 4.79 Å². The highest BCUT2D eigenvalue weighted by atomic mass is 32.2. The van der Waals surface area contributed by atoms with Gasteiger partial charge in [0.1, 0.15) is 5.25 Å². The zero-order valence-corrected chi connectivity index (χ0v) is 16.8. The first kappa shape index (κ1) is 18.7. The average Bonchev–Trinajstić information content (AvgIpc) is 3.22. The molecular weight excluding hydrogens is 368 g/mol. The van der Waals surface area contributed by atoms with Crippen molar-refractivity contribution >= 4 is 17.7 Å². The summed E-state index contributed by atoms with van der Waals surface area (Å²) in [6, 6.07) is 18.1. The number of nitrogens with zero attached hydrogens (tertiary/aromatic N) is 3. The molecule has 1 aliphatic heterocycles. The van der Waals surface area contributed by atoms with Crippen molar-refractivity contribution in [1.82, 2.24) is 20.1 Å². The van der Waals surface area contributed by atoms with Gasteiger partial charge in [-0.25, -0.2) is 4.98 Å². The summed E-state index contributed by atoms with van der Waals surface area (Å²) in [4.78, 5) is 19.9. The highest BCUT2D eigenvalue weighted by molar-refractivity contribution is 8.00. The van der Waals surface area contributed by atoms with Crippen LogP contribution < -0.4 is 0 Å². The number of piperidine rings is 1. The monoisotopic (exact) mass is 392 g/mol. The van der Waals surface area contributed by atoms with Crippen molar-refractivity contribution in [3.8, 4) is 11.4 Å². The van der Waals surface area contributed by atoms with Crippen LogP contribution in [0.1, 0.15) is 35.6 Å². The molecule has 144 valence electrons. The van der Waals surface area contributed by atoms with Crippen LogP contribution in [-0.4, -0.2) is 39.1 Å². The number of aromatic nitrogens is 3. The fraction of sp³-hybridized carbons (Fsp3) is 0.318. The molecule has 0 aliphatic carbocycles. The number of aryl methyl sites for hydroxylation is 1. The van der Waals surface area contributed by atoms with Gasteiger partial charge in [0.2, 0.25) is 11.1 Å². The fourth-order valence-electron chi connectivity index (χ4n) is 3.41. The number of likely N-dealkylation sites (tertiary alicyclic amines) is 1. The Kier molecular flexibility index (Phi) is 5.76. The predicted molar refractivity (Wildman–Crippen MR) is 112 cm³/mol. The lowest BCUT2D eigenvalue weighted by molar-refractivity contribution is -0.131. The van der Waals surface area contributed by atoms with Crippen molar-refractivity contribution in [3.63, 3.8) is 0 Å². The Morgan fingerprint density at radius 2 is 1.75 bits per heavy atom. The van der Waals surface area contributed by atoms with Gasteiger partial charge in [-0.2, -0.15) is 0 Å². The number of thioether (sulfide) groups is 1. The van der Waals surface area contributed by atoms with E-state index in [9.17, 15) is 4.79 Å². The molecule has 5 nitrogen and oxygen atoms in total. The van der Waals surface area contributed by atoms with Gasteiger partial charge in [-0.3, -0.25) is 9.89 Å². The minimum atomic E-state index is -0.332. The lowest BCUT2D eigenvalue weighted by Gasteiger charge is -2.30. The zero-order valence-electron chi connectivity index (χ0n) is 16.0. The van der Waals surface area contributed by atoms with Gasteiger partial charge in [-0.05, 0) is 31.7 Å². The van der Waals surface area contributed by atoms with E-state index < -0.39 is 0 Å². The summed E-state index contributed by atoms with van der Waals surface area (Å²) in [7, 11) is 0. The third-order valence-electron chi connectivity index (χ3n) is 5.01. The first-order valence-corrected chi connectivity index (χ1v) is 10.6. The number of hydrogen-bond donors (Lipinski definition) is 1. The van der Waals surface area contributed by atoms with E-state index in [-0.39, 0.29) is 11.2 Å². The number of H-pyrrole nitrogens is 1. The summed E-state index contributed by atoms with van der Waals surface area (Å²) in [6.45, 7) is 3.73. The summed E-state index contributed by atoms with van der Waals surface area (Å²) in [5, 5.41) is 7.63. The van der Waals surface area contributed by atoms with Gasteiger partial charge in [0.25, 0.3) is 0 Å². The molecule has 2 aromatic carbocycles. The van der Waals surface area contributed by atoms with Crippen LogP contribution in [0.5, 0.6) is 0 Å². The van der Waals surface area contributed by atoms with Gasteiger partial charge in [0.15, 0.2) is 5.82 Å². The molecule has 3 aromatic rings. The molecule has 1 amide bonds. The number of rotatable bonds is 5. The Morgan fingerprint density at radius 1 is 1.04 bits per heavy atom. The summed E-state index contributed by atoms with van der Waals surface area (Å²) < 4.78 is 0. The maximum absolute atomic E-state index is 13.3. The van der Waals surface area contributed by atoms with E-state index in [0.29, 0.717) is 5.16 Å². The van der Waals surface area contributed by atoms with Crippen molar-refractivity contribution in [2.45, 2.75) is 36.6 Å². The molecule has 1 saturated heterocycles. The Bertz CT molecular complexity index is 917. The van der Waals surface area contributed by atoms with Crippen LogP contribution in [0.3, 0.4) is 0 Å². The van der Waals surface area contributed by atoms with Crippen LogP contribution in [0, 0.1) is 6.92 Å². The van der Waals surface area contributed by atoms with Crippen LogP contribution in [0.15, 0.2) is 59.8 Å². The van der Waals surface area contributed by atoms with Gasteiger partial charge >= 0.3 is 0 Å². The minimum Gasteiger partial charge on any atom is -0.341 e. The molecule has 0 saturated carbocycles. The second kappa shape index (κ2) is 8.61. The Morgan fingerprint density at radius 3 is 2.46 bits per heavy atom. The summed E-state index contributed by atoms with van der Waals surface area (Å²) in [5.74, 6) is 0.873. The van der Waals surface area contributed by atoms with Crippen molar-refractivity contribution in [2.75, 3.05) is 13.1 Å². The third-order valence-corrected chi connectivity index (χ3v) is 6.11. The molecule has 1 aliphatic rings. The van der Waals surface area contributed by atoms with Gasteiger partial charge < -0.3 is 4.90 Å². The number of aromatic amines is 1. The molecule has 0 radical (unpaired) electrons. The first-order chi connectivity index (χ1) is 13.7. The van der Waals surface area contributed by atoms with Gasteiger partial charge in [-0.1, -0.05) is 71.9 Å². The normalized spacial score (nSPS) is 15.4. The van der Waals surface area contributed by atoms with Crippen LogP contribution in [0.2, 0.25) is 0 Å². The van der Waals surface area contributed by atoms with Gasteiger partial charge in [0, 0.05) is 18.7 Å². The lowest BCUT2D eigenvalue weighted by atomic mass is 10.1. The van der Waals surface area contributed by atoms with Crippen LogP contribution in [0.4, 0.5) is 0 Å². The molecular formula is C22H24N4OS. The third kappa shape index (κ3) is 4.28. The maximum Gasteiger partial charge on any atom is 0.240 e. The largest absolute Gasteiger partial charge is 0.341 e. The van der Waals surface area contributed by atoms with E-state index in [1.165, 1.54) is 23.7 Å². The highest BCUT2D eigenvalue weighted by Crippen LogP contribution is 2.36. The SMILES string of the molecule is Cc1ccc(-c2nc(S[C@H](C(=O)N3CCCCC3)c3ccccc3)n[nH]2)cc1. The van der Waals surface area contributed by atoms with Crippen molar-refractivity contribution < 1.29 is 4.79 Å². The minimum absolute atomic E-state index is 0.151. The highest BCUT2D eigenvalue weighted by Gasteiger charge is 2.29. The summed E-state index contributed by atoms with van der Waals surface area (Å²) in [6.07, 6.45) is 3.36. The smallest absolute Gasteiger partial charge is 0.240 e. The molecule has 0 unspecified atom stereocenters. The standard InChI is InChI=1S/C22H24N4OS/c1-16-10-12-18(13-11-16)20-23-22(25-24-20)28-19(17-8-4-2-5-9-17)21(27)26-14-6-3-7-15-26/h2,4-5,8-13,19H,3,6-7,14-15H2,1H3,(H,23,24,25)/t19-/m0/s1. The van der Waals surface area contributed by atoms with E-state index in [4.69, 9.17) is 0 Å². The summed E-state index contributed by atoms with van der Waals surface area (Å²) in [5.41, 5.74) is 3.18. The van der Waals surface area contributed by atoms with Crippen molar-refractivity contribution in [2.24, 2.45) is 0 Å². The van der Waals surface area contributed by atoms with E-state index in [0.717, 1.165) is 42.9 Å². The number of carbonyl (C=O) groups excluding carboxylic acids is 1. The Balaban J connectivity index is 1.57. The molecule has 1 fully saturated rings. The molecule has 0 bridgehead atoms. The topological polar surface area (TPSA) is 61.9 Å². The number of nitrogens with one attached hydrogen (secondary N) is 1. The van der Waals surface area contributed by atoms with E-state index in [1.54, 1.807) is 0 Å². The fourth-order valence-corrected chi connectivity index (χ4v) is 4.41. The molecule has 4 rings (SSSR count). The molecule has 1 atom stereocenters. The van der Waals surface area contributed by atoms with Gasteiger partial charge in [0.05, 0.1) is 0 Å². The lowest BCUT2D eigenvalue weighted by Crippen LogP contribution is -2.38. The molecule has 2 heterocycles. The van der Waals surface area contributed by atoms with Crippen LogP contribution >= 0.6 is 11.8 Å². The zero-order chi connectivity index (χ0) is 19.3. The number of amides is 1. The quantitative estimate of drug-likeness (QED) is 0.643. The maximum atomic E-state index is 13.3. The Labute approximate surface area is 169 Å². The summed E-state index contributed by atoms with van der Waals surface area (Å²) >= 11 is 1.42. The number of benzene rings is 2. The first-order valence-electron chi connectivity index (χ1n) is 9.70. The Hall–Kier alpha value is -2.60. The molecule has 1 aromatic heterocycles. The molecule has 28 heavy (non-hydrogen) atoms. The second-order valence-electron chi connectivity index (χ2n) is 7.13. The number of hydrogen-bond acceptors (Lipinski definition) is 4.